The molecule has 0 aliphatic carbocycles. The minimum atomic E-state index is -3.86. The molecule has 1 aromatic carbocycles. The highest BCUT2D eigenvalue weighted by Gasteiger charge is 2.57. The number of aliphatic hydroxyl groups excluding tert-OH is 8. The molecule has 0 spiro atoms. The van der Waals surface area contributed by atoms with Crippen molar-refractivity contribution in [2.75, 3.05) is 47.8 Å². The lowest BCUT2D eigenvalue weighted by atomic mass is 10.1. The first-order chi connectivity index (χ1) is 27.7. The number of aryl methyl sites for hydroxylation is 1. The topological polar surface area (TPSA) is 307 Å². The molecule has 6 aliphatic heterocycles. The lowest BCUT2D eigenvalue weighted by molar-refractivity contribution is -0.230. The number of aliphatic hydroxyl groups is 8. The van der Waals surface area contributed by atoms with Gasteiger partial charge in [-0.2, -0.15) is 8.42 Å². The highest BCUT2D eigenvalue weighted by atomic mass is 32.2. The third kappa shape index (κ3) is 12.3. The van der Waals surface area contributed by atoms with Crippen LogP contribution in [-0.2, 0) is 66.4 Å². The Morgan fingerprint density at radius 2 is 0.966 bits per heavy atom. The average molecular weight is 877 g/mol. The summed E-state index contributed by atoms with van der Waals surface area (Å²) in [4.78, 5) is 0.106. The van der Waals surface area contributed by atoms with Crippen molar-refractivity contribution in [2.24, 2.45) is 0 Å². The summed E-state index contributed by atoms with van der Waals surface area (Å²) in [5.41, 5.74) is 0.970. The monoisotopic (exact) mass is 876 g/mol. The van der Waals surface area contributed by atoms with E-state index < -0.39 is 108 Å². The maximum absolute atomic E-state index is 12.3. The molecule has 16 atom stereocenters. The molecule has 0 bridgehead atoms. The quantitative estimate of drug-likeness (QED) is 0.108. The van der Waals surface area contributed by atoms with Gasteiger partial charge in [0.2, 0.25) is 0 Å². The summed E-state index contributed by atoms with van der Waals surface area (Å²) in [5, 5.41) is 70.9. The summed E-state index contributed by atoms with van der Waals surface area (Å²) in [6, 6.07) is 6.46. The Hall–Kier alpha value is -1.63. The zero-order chi connectivity index (χ0) is 44.0. The van der Waals surface area contributed by atoms with Crippen LogP contribution in [0.4, 0.5) is 0 Å². The Bertz CT molecular complexity index is 1490. The van der Waals surface area contributed by atoms with Crippen LogP contribution in [0.15, 0.2) is 29.2 Å². The van der Waals surface area contributed by atoms with Crippen LogP contribution in [0.25, 0.3) is 0 Å². The van der Waals surface area contributed by atoms with Gasteiger partial charge in [0.25, 0.3) is 10.1 Å². The van der Waals surface area contributed by atoms with Crippen LogP contribution in [0.5, 0.6) is 0 Å². The van der Waals surface area contributed by atoms with Gasteiger partial charge in [-0.15, -0.1) is 0 Å². The largest absolute Gasteiger partial charge is 0.394 e. The number of ether oxygens (including phenoxy) is 11. The molecular weight excluding hydrogens is 816 g/mol. The summed E-state index contributed by atoms with van der Waals surface area (Å²) in [6.45, 7) is 8.16. The molecule has 8 N–H and O–H groups in total. The Kier molecular flexibility index (Phi) is 17.9. The smallest absolute Gasteiger partial charge is 0.297 e. The van der Waals surface area contributed by atoms with Gasteiger partial charge in [-0.05, 0) is 46.8 Å². The van der Waals surface area contributed by atoms with Crippen molar-refractivity contribution < 1.29 is 106 Å². The van der Waals surface area contributed by atoms with Gasteiger partial charge in [0.1, 0.15) is 73.2 Å². The third-order valence-corrected chi connectivity index (χ3v) is 11.1. The molecule has 22 nitrogen and oxygen atoms in total. The van der Waals surface area contributed by atoms with E-state index in [1.807, 2.05) is 20.8 Å². The van der Waals surface area contributed by atoms with E-state index in [9.17, 15) is 8.42 Å². The molecule has 23 heteroatoms. The molecule has 59 heavy (non-hydrogen) atoms. The zero-order valence-electron chi connectivity index (χ0n) is 34.1. The lowest BCUT2D eigenvalue weighted by Gasteiger charge is -2.23. The molecule has 7 rings (SSSR count). The number of fused-ring (bicyclic) bond motifs is 2. The predicted octanol–water partition coefficient (Wildman–Crippen LogP) is -3.05. The Balaban J connectivity index is 0.000000187. The summed E-state index contributed by atoms with van der Waals surface area (Å²) < 4.78 is 88.1. The van der Waals surface area contributed by atoms with Crippen molar-refractivity contribution in [3.05, 3.63) is 29.8 Å². The normalized spacial score (nSPS) is 40.3. The number of benzene rings is 1. The lowest BCUT2D eigenvalue weighted by Crippen LogP contribution is -2.34. The molecule has 0 radical (unpaired) electrons. The molecule has 0 amide bonds. The van der Waals surface area contributed by atoms with Crippen LogP contribution in [-0.4, -0.2) is 207 Å². The number of hydrogen-bond donors (Lipinski definition) is 8. The van der Waals surface area contributed by atoms with E-state index in [-0.39, 0.29) is 43.0 Å². The van der Waals surface area contributed by atoms with Gasteiger partial charge in [-0.1, -0.05) is 17.7 Å². The predicted molar refractivity (Wildman–Crippen MR) is 195 cm³/mol. The van der Waals surface area contributed by atoms with Gasteiger partial charge in [0.05, 0.1) is 31.3 Å². The van der Waals surface area contributed by atoms with Crippen molar-refractivity contribution in [1.82, 2.24) is 0 Å². The fourth-order valence-corrected chi connectivity index (χ4v) is 7.73. The first-order valence-electron chi connectivity index (χ1n) is 18.8. The zero-order valence-corrected chi connectivity index (χ0v) is 34.9. The molecule has 0 saturated carbocycles. The van der Waals surface area contributed by atoms with Crippen molar-refractivity contribution in [2.45, 2.75) is 149 Å². The molecule has 342 valence electrons. The van der Waals surface area contributed by atoms with E-state index in [4.69, 9.17) is 87.7 Å². The van der Waals surface area contributed by atoms with E-state index >= 15 is 0 Å². The van der Waals surface area contributed by atoms with Gasteiger partial charge in [0.15, 0.2) is 36.7 Å². The summed E-state index contributed by atoms with van der Waals surface area (Å²) in [7, 11) is 0.553. The third-order valence-electron chi connectivity index (χ3n) is 9.80. The van der Waals surface area contributed by atoms with E-state index in [2.05, 4.69) is 9.47 Å². The van der Waals surface area contributed by atoms with E-state index in [0.29, 0.717) is 0 Å². The average Bonchev–Trinajstić information content (AvgIpc) is 4.00. The van der Waals surface area contributed by atoms with E-state index in [1.54, 1.807) is 33.1 Å². The summed E-state index contributed by atoms with van der Waals surface area (Å²) in [6.07, 6.45) is -11.8. The maximum atomic E-state index is 12.3. The Morgan fingerprint density at radius 1 is 0.559 bits per heavy atom. The molecular formula is C36H60O22S. The minimum Gasteiger partial charge on any atom is -0.394 e. The van der Waals surface area contributed by atoms with Crippen molar-refractivity contribution >= 4 is 10.1 Å². The Morgan fingerprint density at radius 3 is 1.36 bits per heavy atom. The highest BCUT2D eigenvalue weighted by Crippen LogP contribution is 2.40. The van der Waals surface area contributed by atoms with Gasteiger partial charge >= 0.3 is 0 Å². The number of hydrogen-bond acceptors (Lipinski definition) is 22. The summed E-state index contributed by atoms with van der Waals surface area (Å²) >= 11 is 0. The fourth-order valence-electron chi connectivity index (χ4n) is 6.81. The Labute approximate surface area is 342 Å². The van der Waals surface area contributed by atoms with Gasteiger partial charge < -0.3 is 93.0 Å². The van der Waals surface area contributed by atoms with Crippen molar-refractivity contribution in [3.63, 3.8) is 0 Å². The van der Waals surface area contributed by atoms with Crippen molar-refractivity contribution in [3.8, 4) is 0 Å². The first-order valence-corrected chi connectivity index (χ1v) is 20.2. The van der Waals surface area contributed by atoms with E-state index in [1.165, 1.54) is 26.4 Å². The van der Waals surface area contributed by atoms with Gasteiger partial charge in [0, 0.05) is 21.3 Å². The molecule has 16 unspecified atom stereocenters. The van der Waals surface area contributed by atoms with E-state index in [0.717, 1.165) is 5.56 Å². The second kappa shape index (κ2) is 21.2. The molecule has 6 fully saturated rings. The first kappa shape index (κ1) is 50.0. The van der Waals surface area contributed by atoms with Gasteiger partial charge in [-0.25, -0.2) is 0 Å². The number of methoxy groups -OCH3 is 3. The fraction of sp³-hybridized carbons (Fsp3) is 0.833. The molecule has 0 aromatic heterocycles. The van der Waals surface area contributed by atoms with Gasteiger partial charge in [-0.3, -0.25) is 4.18 Å². The van der Waals surface area contributed by atoms with Crippen molar-refractivity contribution in [1.29, 1.82) is 0 Å². The van der Waals surface area contributed by atoms with Crippen LogP contribution in [0, 0.1) is 6.92 Å². The van der Waals surface area contributed by atoms with Crippen LogP contribution in [0.3, 0.4) is 0 Å². The van der Waals surface area contributed by atoms with Crippen LogP contribution in [0.1, 0.15) is 33.3 Å². The van der Waals surface area contributed by atoms with Crippen LogP contribution < -0.4 is 0 Å². The molecule has 6 aliphatic rings. The van der Waals surface area contributed by atoms with Crippen LogP contribution in [0.2, 0.25) is 0 Å². The second-order valence-corrected chi connectivity index (χ2v) is 16.7. The molecule has 1 aromatic rings. The maximum Gasteiger partial charge on any atom is 0.297 e. The molecule has 6 heterocycles. The molecule has 6 saturated heterocycles. The minimum absolute atomic E-state index is 0.0829. The summed E-state index contributed by atoms with van der Waals surface area (Å²) in [5.74, 6) is -1.40. The second-order valence-electron chi connectivity index (χ2n) is 15.1. The van der Waals surface area contributed by atoms with Crippen LogP contribution >= 0.6 is 0 Å². The SMILES string of the molecule is COC1OC(CO)C(O)C1O.COC1OC(CO)C2OC(C)(C)OC12.COC1OC(COS(=O)(=O)c2ccc(C)cc2)C2OC(C)(C)OC12.OCC1OC(O)C(O)C1O. The standard InChI is InChI=1S/C16H22O7S.C9H16O5.C6H12O5.C5H10O5/c1-10-5-7-11(8-6-10)24(17,18)20-9-12-13-14(15(19-4)21-12)23-16(2,3)22-13;1-9(2)13-6-5(4-10)12-8(11-3)7(6)14-9;1-10-6-5(9)4(8)3(2-7)11-6;6-1-2-3(7)4(8)5(9)10-2/h5-8,12-15H,9H2,1-4H3;5-8,10H,4H2,1-3H3;3-9H,2H2,1H3;2-9H,1H2. The number of rotatable bonds is 10. The highest BCUT2D eigenvalue weighted by molar-refractivity contribution is 7.86.